The molecular weight excluding hydrogens is 402 g/mol. The van der Waals surface area contributed by atoms with Gasteiger partial charge in [0.25, 0.3) is 5.91 Å². The number of aromatic nitrogens is 3. The third kappa shape index (κ3) is 3.96. The van der Waals surface area contributed by atoms with E-state index in [1.807, 2.05) is 60.8 Å². The molecule has 0 aliphatic heterocycles. The second-order valence-corrected chi connectivity index (χ2v) is 7.43. The second-order valence-electron chi connectivity index (χ2n) is 7.43. The van der Waals surface area contributed by atoms with Gasteiger partial charge in [-0.05, 0) is 42.0 Å². The molecule has 2 heterocycles. The Morgan fingerprint density at radius 2 is 1.94 bits per heavy atom. The van der Waals surface area contributed by atoms with E-state index in [-0.39, 0.29) is 5.91 Å². The number of carbonyl (C=O) groups excluding carboxylic acids is 1. The van der Waals surface area contributed by atoms with Crippen molar-refractivity contribution in [1.82, 2.24) is 20.4 Å². The molecule has 0 fully saturated rings. The maximum Gasteiger partial charge on any atom is 0.271 e. The fourth-order valence-electron chi connectivity index (χ4n) is 3.65. The van der Waals surface area contributed by atoms with Crippen LogP contribution in [-0.2, 0) is 6.42 Å². The fourth-order valence-corrected chi connectivity index (χ4v) is 3.65. The molecular formula is C25H21N5O2. The zero-order chi connectivity index (χ0) is 21.9. The van der Waals surface area contributed by atoms with Crippen LogP contribution < -0.4 is 10.2 Å². The van der Waals surface area contributed by atoms with Crippen LogP contribution in [-0.4, -0.2) is 34.2 Å². The Balaban J connectivity index is 1.29. The lowest BCUT2D eigenvalue weighted by molar-refractivity contribution is 0.0955. The highest BCUT2D eigenvalue weighted by molar-refractivity contribution is 6.01. The van der Waals surface area contributed by atoms with Gasteiger partial charge in [0.1, 0.15) is 11.6 Å². The van der Waals surface area contributed by atoms with Crippen LogP contribution in [0.1, 0.15) is 27.3 Å². The van der Waals surface area contributed by atoms with E-state index in [9.17, 15) is 4.79 Å². The summed E-state index contributed by atoms with van der Waals surface area (Å²) in [6, 6.07) is 21.2. The number of ether oxygens (including phenoxy) is 1. The van der Waals surface area contributed by atoms with Crippen molar-refractivity contribution in [2.45, 2.75) is 6.42 Å². The zero-order valence-corrected chi connectivity index (χ0v) is 17.4. The summed E-state index contributed by atoms with van der Waals surface area (Å²) in [5.41, 5.74) is 7.78. The molecule has 2 aromatic heterocycles. The van der Waals surface area contributed by atoms with E-state index >= 15 is 0 Å². The van der Waals surface area contributed by atoms with Crippen molar-refractivity contribution in [3.8, 4) is 5.75 Å². The maximum absolute atomic E-state index is 12.6. The number of methoxy groups -OCH3 is 1. The number of aromatic amines is 2. The molecule has 0 saturated carbocycles. The van der Waals surface area contributed by atoms with Gasteiger partial charge in [-0.1, -0.05) is 30.3 Å². The van der Waals surface area contributed by atoms with Crippen LogP contribution in [0.25, 0.3) is 21.9 Å². The number of para-hydroxylation sites is 1. The van der Waals surface area contributed by atoms with Gasteiger partial charge in [0.2, 0.25) is 0 Å². The standard InChI is InChI=1S/C25H21N5O2/c1-32-19-9-6-16(7-10-19)12-24-28-22-11-8-17(13-23(22)29-24)25(31)30-27-15-18-14-26-21-5-3-2-4-20(18)21/h2-11,13-15,26H,12H2,1H3,(H,28,29)(H,30,31)/b27-15-. The van der Waals surface area contributed by atoms with Crippen molar-refractivity contribution in [2.75, 3.05) is 7.11 Å². The lowest BCUT2D eigenvalue weighted by Crippen LogP contribution is -2.17. The highest BCUT2D eigenvalue weighted by atomic mass is 16.5. The first-order valence-electron chi connectivity index (χ1n) is 10.2. The third-order valence-electron chi connectivity index (χ3n) is 5.31. The minimum Gasteiger partial charge on any atom is -0.497 e. The number of H-pyrrole nitrogens is 2. The van der Waals surface area contributed by atoms with Crippen molar-refractivity contribution < 1.29 is 9.53 Å². The quantitative estimate of drug-likeness (QED) is 0.279. The molecule has 158 valence electrons. The molecule has 0 atom stereocenters. The molecule has 3 aromatic carbocycles. The Morgan fingerprint density at radius 1 is 1.09 bits per heavy atom. The number of hydrogen-bond acceptors (Lipinski definition) is 4. The average Bonchev–Trinajstić information content (AvgIpc) is 3.42. The van der Waals surface area contributed by atoms with Crippen LogP contribution in [0.15, 0.2) is 78.0 Å². The molecule has 0 spiro atoms. The van der Waals surface area contributed by atoms with Gasteiger partial charge in [0.15, 0.2) is 0 Å². The minimum atomic E-state index is -0.283. The molecule has 0 saturated heterocycles. The topological polar surface area (TPSA) is 95.2 Å². The summed E-state index contributed by atoms with van der Waals surface area (Å²) in [7, 11) is 1.65. The Labute approximate surface area is 184 Å². The van der Waals surface area contributed by atoms with Gasteiger partial charge in [0.05, 0.1) is 24.4 Å². The van der Waals surface area contributed by atoms with Crippen LogP contribution >= 0.6 is 0 Å². The number of nitrogens with zero attached hydrogens (tertiary/aromatic N) is 2. The first-order valence-corrected chi connectivity index (χ1v) is 10.2. The number of fused-ring (bicyclic) bond motifs is 2. The summed E-state index contributed by atoms with van der Waals surface area (Å²) in [6.45, 7) is 0. The third-order valence-corrected chi connectivity index (χ3v) is 5.31. The molecule has 1 amide bonds. The zero-order valence-electron chi connectivity index (χ0n) is 17.4. The molecule has 7 nitrogen and oxygen atoms in total. The Kier molecular flexibility index (Phi) is 5.13. The minimum absolute atomic E-state index is 0.283. The van der Waals surface area contributed by atoms with Crippen molar-refractivity contribution in [1.29, 1.82) is 0 Å². The molecule has 0 aliphatic rings. The Hall–Kier alpha value is -4.39. The lowest BCUT2D eigenvalue weighted by atomic mass is 10.1. The predicted molar refractivity (Wildman–Crippen MR) is 125 cm³/mol. The Bertz CT molecular complexity index is 1430. The summed E-state index contributed by atoms with van der Waals surface area (Å²) in [4.78, 5) is 23.7. The van der Waals surface area contributed by atoms with E-state index < -0.39 is 0 Å². The molecule has 5 aromatic rings. The maximum atomic E-state index is 12.6. The van der Waals surface area contributed by atoms with Gasteiger partial charge >= 0.3 is 0 Å². The predicted octanol–water partition coefficient (Wildman–Crippen LogP) is 4.41. The average molecular weight is 423 g/mol. The van der Waals surface area contributed by atoms with E-state index in [4.69, 9.17) is 4.74 Å². The molecule has 32 heavy (non-hydrogen) atoms. The van der Waals surface area contributed by atoms with Crippen LogP contribution in [0.3, 0.4) is 0 Å². The number of carbonyl (C=O) groups is 1. The molecule has 3 N–H and O–H groups in total. The largest absolute Gasteiger partial charge is 0.497 e. The van der Waals surface area contributed by atoms with Crippen LogP contribution in [0.2, 0.25) is 0 Å². The van der Waals surface area contributed by atoms with Gasteiger partial charge < -0.3 is 14.7 Å². The molecule has 5 rings (SSSR count). The van der Waals surface area contributed by atoms with Gasteiger partial charge in [0, 0.05) is 34.6 Å². The summed E-state index contributed by atoms with van der Waals surface area (Å²) in [5, 5.41) is 5.16. The van der Waals surface area contributed by atoms with Gasteiger partial charge in [-0.25, -0.2) is 10.4 Å². The van der Waals surface area contributed by atoms with E-state index in [0.717, 1.165) is 44.6 Å². The van der Waals surface area contributed by atoms with Crippen molar-refractivity contribution in [3.05, 3.63) is 95.4 Å². The summed E-state index contributed by atoms with van der Waals surface area (Å²) < 4.78 is 5.20. The van der Waals surface area contributed by atoms with E-state index in [1.54, 1.807) is 25.5 Å². The normalized spacial score (nSPS) is 11.4. The number of rotatable bonds is 6. The SMILES string of the molecule is COc1ccc(Cc2nc3ccc(C(=O)N/N=C\c4c[nH]c5ccccc45)cc3[nH]2)cc1. The Morgan fingerprint density at radius 3 is 2.78 bits per heavy atom. The molecule has 7 heteroatoms. The number of imidazole rings is 1. The number of nitrogens with one attached hydrogen (secondary N) is 3. The smallest absolute Gasteiger partial charge is 0.271 e. The molecule has 0 bridgehead atoms. The van der Waals surface area contributed by atoms with Crippen molar-refractivity contribution in [3.63, 3.8) is 0 Å². The second kappa shape index (κ2) is 8.39. The molecule has 0 aliphatic carbocycles. The highest BCUT2D eigenvalue weighted by Crippen LogP contribution is 2.18. The van der Waals surface area contributed by atoms with Crippen LogP contribution in [0.4, 0.5) is 0 Å². The van der Waals surface area contributed by atoms with E-state index in [0.29, 0.717) is 12.0 Å². The van der Waals surface area contributed by atoms with Crippen molar-refractivity contribution >= 4 is 34.1 Å². The summed E-state index contributed by atoms with van der Waals surface area (Å²) in [6.07, 6.45) is 4.16. The highest BCUT2D eigenvalue weighted by Gasteiger charge is 2.09. The van der Waals surface area contributed by atoms with Crippen molar-refractivity contribution in [2.24, 2.45) is 5.10 Å². The first kappa shape index (κ1) is 19.6. The number of amides is 1. The van der Waals surface area contributed by atoms with Gasteiger partial charge in [-0.15, -0.1) is 0 Å². The fraction of sp³-hybridized carbons (Fsp3) is 0.0800. The van der Waals surface area contributed by atoms with E-state index in [1.165, 1.54) is 0 Å². The van der Waals surface area contributed by atoms with Crippen LogP contribution in [0.5, 0.6) is 5.75 Å². The van der Waals surface area contributed by atoms with Gasteiger partial charge in [-0.2, -0.15) is 5.10 Å². The number of hydrogen-bond donors (Lipinski definition) is 3. The monoisotopic (exact) mass is 423 g/mol. The molecule has 0 unspecified atom stereocenters. The van der Waals surface area contributed by atoms with Crippen LogP contribution in [0, 0.1) is 0 Å². The first-order chi connectivity index (χ1) is 15.7. The summed E-state index contributed by atoms with van der Waals surface area (Å²) in [5.74, 6) is 1.37. The number of benzene rings is 3. The lowest BCUT2D eigenvalue weighted by Gasteiger charge is -2.01. The number of hydrazone groups is 1. The van der Waals surface area contributed by atoms with Gasteiger partial charge in [-0.3, -0.25) is 4.79 Å². The summed E-state index contributed by atoms with van der Waals surface area (Å²) >= 11 is 0. The van der Waals surface area contributed by atoms with E-state index in [2.05, 4.69) is 25.5 Å². The molecule has 0 radical (unpaired) electrons.